The molecule has 0 amide bonds. The maximum atomic E-state index is 5.64. The second-order valence-corrected chi connectivity index (χ2v) is 6.15. The number of thiazole rings is 1. The first-order valence-electron chi connectivity index (χ1n) is 6.61. The summed E-state index contributed by atoms with van der Waals surface area (Å²) in [4.78, 5) is 7.16. The highest BCUT2D eigenvalue weighted by molar-refractivity contribution is 7.13. The fourth-order valence-corrected chi connectivity index (χ4v) is 3.43. The van der Waals surface area contributed by atoms with Crippen LogP contribution >= 0.6 is 11.3 Å². The molecule has 0 saturated heterocycles. The Bertz CT molecular complexity index is 342. The number of hydrogen-bond acceptors (Lipinski definition) is 4. The molecule has 1 fully saturated rings. The molecule has 1 aliphatic carbocycles. The van der Waals surface area contributed by atoms with Gasteiger partial charge in [-0.05, 0) is 18.8 Å². The van der Waals surface area contributed by atoms with Crippen LogP contribution in [-0.4, -0.2) is 17.6 Å². The van der Waals surface area contributed by atoms with Crippen molar-refractivity contribution in [2.75, 3.05) is 11.4 Å². The summed E-state index contributed by atoms with van der Waals surface area (Å²) in [7, 11) is 0. The Morgan fingerprint density at radius 1 is 1.47 bits per heavy atom. The number of anilines is 1. The van der Waals surface area contributed by atoms with Crippen molar-refractivity contribution in [2.45, 2.75) is 52.1 Å². The van der Waals surface area contributed by atoms with Crippen LogP contribution in [-0.2, 0) is 6.54 Å². The van der Waals surface area contributed by atoms with Crippen molar-refractivity contribution in [1.82, 2.24) is 4.98 Å². The van der Waals surface area contributed by atoms with Crippen LogP contribution in [0.4, 0.5) is 5.13 Å². The third-order valence-corrected chi connectivity index (χ3v) is 4.25. The zero-order valence-electron chi connectivity index (χ0n) is 10.9. The number of rotatable bonds is 5. The highest BCUT2D eigenvalue weighted by atomic mass is 32.1. The molecule has 0 bridgehead atoms. The molecule has 4 heteroatoms. The lowest BCUT2D eigenvalue weighted by molar-refractivity contribution is 0.534. The number of nitrogens with zero attached hydrogens (tertiary/aromatic N) is 2. The summed E-state index contributed by atoms with van der Waals surface area (Å²) < 4.78 is 0. The molecule has 0 aliphatic heterocycles. The zero-order chi connectivity index (χ0) is 12.3. The van der Waals surface area contributed by atoms with E-state index in [2.05, 4.69) is 29.1 Å². The minimum absolute atomic E-state index is 0.552. The maximum absolute atomic E-state index is 5.64. The van der Waals surface area contributed by atoms with Crippen molar-refractivity contribution >= 4 is 16.5 Å². The Balaban J connectivity index is 2.13. The molecule has 1 aliphatic rings. The third-order valence-electron chi connectivity index (χ3n) is 3.32. The Kier molecular flexibility index (Phi) is 4.40. The van der Waals surface area contributed by atoms with Crippen LogP contribution in [0.5, 0.6) is 0 Å². The largest absolute Gasteiger partial charge is 0.345 e. The molecule has 0 unspecified atom stereocenters. The van der Waals surface area contributed by atoms with Crippen molar-refractivity contribution in [1.29, 1.82) is 0 Å². The lowest BCUT2D eigenvalue weighted by Crippen LogP contribution is -2.36. The van der Waals surface area contributed by atoms with Crippen LogP contribution in [0.15, 0.2) is 5.38 Å². The summed E-state index contributed by atoms with van der Waals surface area (Å²) in [6, 6.07) is 0.703. The summed E-state index contributed by atoms with van der Waals surface area (Å²) in [5, 5.41) is 3.27. The second-order valence-electron chi connectivity index (χ2n) is 5.31. The van der Waals surface area contributed by atoms with Gasteiger partial charge in [0.2, 0.25) is 0 Å². The van der Waals surface area contributed by atoms with E-state index < -0.39 is 0 Å². The molecular weight excluding hydrogens is 230 g/mol. The van der Waals surface area contributed by atoms with E-state index in [9.17, 15) is 0 Å². The van der Waals surface area contributed by atoms with Crippen molar-refractivity contribution in [3.8, 4) is 0 Å². The Hall–Kier alpha value is -0.610. The Morgan fingerprint density at radius 3 is 2.71 bits per heavy atom. The van der Waals surface area contributed by atoms with Gasteiger partial charge in [-0.2, -0.15) is 0 Å². The first-order valence-corrected chi connectivity index (χ1v) is 7.49. The number of aromatic nitrogens is 1. The van der Waals surface area contributed by atoms with Gasteiger partial charge < -0.3 is 10.6 Å². The predicted octanol–water partition coefficient (Wildman–Crippen LogP) is 3.01. The van der Waals surface area contributed by atoms with Gasteiger partial charge in [0.25, 0.3) is 0 Å². The molecule has 1 saturated carbocycles. The molecule has 17 heavy (non-hydrogen) atoms. The molecule has 1 heterocycles. The van der Waals surface area contributed by atoms with Crippen LogP contribution < -0.4 is 10.6 Å². The summed E-state index contributed by atoms with van der Waals surface area (Å²) >= 11 is 1.75. The van der Waals surface area contributed by atoms with E-state index in [-0.39, 0.29) is 0 Å². The van der Waals surface area contributed by atoms with Crippen LogP contribution in [0.2, 0.25) is 0 Å². The van der Waals surface area contributed by atoms with Gasteiger partial charge in [0.05, 0.1) is 5.69 Å². The van der Waals surface area contributed by atoms with Crippen molar-refractivity contribution in [3.05, 3.63) is 11.1 Å². The third kappa shape index (κ3) is 3.19. The van der Waals surface area contributed by atoms with E-state index in [1.165, 1.54) is 30.8 Å². The van der Waals surface area contributed by atoms with E-state index in [0.29, 0.717) is 18.5 Å². The van der Waals surface area contributed by atoms with Gasteiger partial charge in [0, 0.05) is 24.5 Å². The second kappa shape index (κ2) is 5.83. The first kappa shape index (κ1) is 12.8. The summed E-state index contributed by atoms with van der Waals surface area (Å²) in [6.45, 7) is 6.22. The minimum atomic E-state index is 0.552. The quantitative estimate of drug-likeness (QED) is 0.877. The monoisotopic (exact) mass is 253 g/mol. The molecule has 3 nitrogen and oxygen atoms in total. The predicted molar refractivity (Wildman–Crippen MR) is 74.4 cm³/mol. The van der Waals surface area contributed by atoms with E-state index in [4.69, 9.17) is 5.73 Å². The fourth-order valence-electron chi connectivity index (χ4n) is 2.51. The molecule has 96 valence electrons. The summed E-state index contributed by atoms with van der Waals surface area (Å²) in [5.74, 6) is 0.681. The van der Waals surface area contributed by atoms with Gasteiger partial charge in [-0.25, -0.2) is 4.98 Å². The van der Waals surface area contributed by atoms with Crippen LogP contribution in [0.1, 0.15) is 45.2 Å². The van der Waals surface area contributed by atoms with Crippen LogP contribution in [0.3, 0.4) is 0 Å². The first-order chi connectivity index (χ1) is 8.20. The van der Waals surface area contributed by atoms with E-state index in [0.717, 1.165) is 12.2 Å². The lowest BCUT2D eigenvalue weighted by Gasteiger charge is -2.30. The molecule has 0 spiro atoms. The maximum Gasteiger partial charge on any atom is 0.185 e. The average molecular weight is 253 g/mol. The molecule has 0 atom stereocenters. The van der Waals surface area contributed by atoms with Gasteiger partial charge in [-0.3, -0.25) is 0 Å². The zero-order valence-corrected chi connectivity index (χ0v) is 11.7. The van der Waals surface area contributed by atoms with E-state index in [1.54, 1.807) is 11.3 Å². The highest BCUT2D eigenvalue weighted by Crippen LogP contribution is 2.31. The molecule has 1 aromatic heterocycles. The highest BCUT2D eigenvalue weighted by Gasteiger charge is 2.25. The lowest BCUT2D eigenvalue weighted by atomic mass is 10.1. The topological polar surface area (TPSA) is 42.2 Å². The average Bonchev–Trinajstić information content (AvgIpc) is 2.97. The standard InChI is InChI=1S/C13H23N3S/c1-10(2)8-16(12-5-3-4-6-12)13-15-11(7-14)9-17-13/h9-10,12H,3-8,14H2,1-2H3. The molecular formula is C13H23N3S. The summed E-state index contributed by atoms with van der Waals surface area (Å²) in [5.41, 5.74) is 6.67. The molecule has 0 radical (unpaired) electrons. The smallest absolute Gasteiger partial charge is 0.185 e. The van der Waals surface area contributed by atoms with Gasteiger partial charge in [-0.1, -0.05) is 26.7 Å². The Labute approximate surface area is 108 Å². The molecule has 1 aromatic rings. The van der Waals surface area contributed by atoms with E-state index >= 15 is 0 Å². The van der Waals surface area contributed by atoms with Gasteiger partial charge in [-0.15, -0.1) is 11.3 Å². The van der Waals surface area contributed by atoms with Gasteiger partial charge in [0.15, 0.2) is 5.13 Å². The SMILES string of the molecule is CC(C)CN(c1nc(CN)cs1)C1CCCC1. The van der Waals surface area contributed by atoms with Gasteiger partial charge in [0.1, 0.15) is 0 Å². The number of nitrogens with two attached hydrogens (primary N) is 1. The fraction of sp³-hybridized carbons (Fsp3) is 0.769. The van der Waals surface area contributed by atoms with Crippen molar-refractivity contribution in [2.24, 2.45) is 11.7 Å². The number of hydrogen-bond donors (Lipinski definition) is 1. The Morgan fingerprint density at radius 2 is 2.18 bits per heavy atom. The van der Waals surface area contributed by atoms with Crippen LogP contribution in [0, 0.1) is 5.92 Å². The summed E-state index contributed by atoms with van der Waals surface area (Å²) in [6.07, 6.45) is 5.39. The van der Waals surface area contributed by atoms with Crippen molar-refractivity contribution < 1.29 is 0 Å². The minimum Gasteiger partial charge on any atom is -0.345 e. The normalized spacial score (nSPS) is 16.9. The molecule has 2 rings (SSSR count). The van der Waals surface area contributed by atoms with Crippen LogP contribution in [0.25, 0.3) is 0 Å². The van der Waals surface area contributed by atoms with E-state index in [1.807, 2.05) is 0 Å². The van der Waals surface area contributed by atoms with Gasteiger partial charge >= 0.3 is 0 Å². The van der Waals surface area contributed by atoms with Crippen molar-refractivity contribution in [3.63, 3.8) is 0 Å². The molecule has 0 aromatic carbocycles. The molecule has 2 N–H and O–H groups in total.